The monoisotopic (exact) mass is 313 g/mol. The number of aliphatic carboxylic acids is 1. The summed E-state index contributed by atoms with van der Waals surface area (Å²) in [7, 11) is 0. The highest BCUT2D eigenvalue weighted by atomic mass is 32.2. The van der Waals surface area contributed by atoms with Gasteiger partial charge in [-0.2, -0.15) is 0 Å². The molecule has 0 unspecified atom stereocenters. The van der Waals surface area contributed by atoms with Crippen LogP contribution in [0.15, 0.2) is 40.5 Å². The quantitative estimate of drug-likeness (QED) is 0.552. The summed E-state index contributed by atoms with van der Waals surface area (Å²) in [4.78, 5) is 18.7. The van der Waals surface area contributed by atoms with Crippen LogP contribution < -0.4 is 5.11 Å². The van der Waals surface area contributed by atoms with Crippen molar-refractivity contribution in [2.75, 3.05) is 0 Å². The zero-order chi connectivity index (χ0) is 15.5. The Balaban J connectivity index is 1.94. The molecule has 0 bridgehead atoms. The maximum absolute atomic E-state index is 11.4. The predicted molar refractivity (Wildman–Crippen MR) is 82.9 cm³/mol. The lowest BCUT2D eigenvalue weighted by Crippen LogP contribution is -2.23. The number of thioether (sulfide) groups is 1. The van der Waals surface area contributed by atoms with Crippen LogP contribution in [0.2, 0.25) is 0 Å². The lowest BCUT2D eigenvalue weighted by atomic mass is 10.1. The van der Waals surface area contributed by atoms with Crippen molar-refractivity contribution in [1.82, 2.24) is 20.2 Å². The van der Waals surface area contributed by atoms with Crippen LogP contribution in [0, 0.1) is 0 Å². The number of carboxylic acid groups (broad SMARTS) is 1. The largest absolute Gasteiger partial charge is 0.544 e. The summed E-state index contributed by atoms with van der Waals surface area (Å²) < 4.78 is 0. The Hall–Kier alpha value is -2.54. The van der Waals surface area contributed by atoms with Gasteiger partial charge in [0.1, 0.15) is 5.82 Å². The number of aromatic amines is 2. The van der Waals surface area contributed by atoms with E-state index in [1.54, 1.807) is 12.3 Å². The Morgan fingerprint density at radius 2 is 2.23 bits per heavy atom. The van der Waals surface area contributed by atoms with Crippen molar-refractivity contribution in [3.63, 3.8) is 0 Å². The maximum atomic E-state index is 11.4. The van der Waals surface area contributed by atoms with Crippen LogP contribution in [0.25, 0.3) is 17.0 Å². The molecule has 0 aliphatic rings. The number of carbonyl (C=O) groups excluding carboxylic acids is 1. The Bertz CT molecular complexity index is 850. The van der Waals surface area contributed by atoms with Crippen molar-refractivity contribution in [2.45, 2.75) is 18.5 Å². The molecule has 3 rings (SSSR count). The van der Waals surface area contributed by atoms with Gasteiger partial charge in [-0.1, -0.05) is 25.1 Å². The number of H-pyrrole nitrogens is 2. The molecule has 0 atom stereocenters. The highest BCUT2D eigenvalue weighted by Gasteiger charge is 2.09. The topological polar surface area (TPSA) is 97.5 Å². The number of rotatable bonds is 5. The maximum Gasteiger partial charge on any atom is 0.213 e. The van der Waals surface area contributed by atoms with Gasteiger partial charge in [-0.3, -0.25) is 5.10 Å². The Morgan fingerprint density at radius 3 is 2.95 bits per heavy atom. The summed E-state index contributed by atoms with van der Waals surface area (Å²) in [5.41, 5.74) is 1.73. The van der Waals surface area contributed by atoms with Crippen LogP contribution in [0.1, 0.15) is 18.3 Å². The van der Waals surface area contributed by atoms with Crippen LogP contribution in [0.5, 0.6) is 0 Å². The highest BCUT2D eigenvalue weighted by Crippen LogP contribution is 2.27. The molecule has 2 N–H and O–H groups in total. The van der Waals surface area contributed by atoms with Gasteiger partial charge in [0, 0.05) is 34.0 Å². The second-order valence-corrected chi connectivity index (χ2v) is 5.62. The number of carboxylic acids is 1. The molecule has 7 heteroatoms. The molecule has 0 amide bonds. The number of aryl methyl sites for hydroxylation is 1. The Labute approximate surface area is 130 Å². The molecule has 0 aliphatic heterocycles. The van der Waals surface area contributed by atoms with Gasteiger partial charge in [0.2, 0.25) is 5.16 Å². The summed E-state index contributed by atoms with van der Waals surface area (Å²) >= 11 is 0.972. The molecule has 2 heterocycles. The minimum atomic E-state index is -1.25. The number of aromatic nitrogens is 4. The van der Waals surface area contributed by atoms with Crippen LogP contribution in [0.4, 0.5) is 0 Å². The van der Waals surface area contributed by atoms with Gasteiger partial charge in [0.05, 0.1) is 5.97 Å². The van der Waals surface area contributed by atoms with Gasteiger partial charge in [0.15, 0.2) is 0 Å². The first-order valence-corrected chi connectivity index (χ1v) is 7.57. The molecule has 0 spiro atoms. The first-order chi connectivity index (χ1) is 10.7. The average Bonchev–Trinajstić information content (AvgIpc) is 3.14. The molecule has 0 saturated carbocycles. The molecule has 6 nitrogen and oxygen atoms in total. The number of hydrogen-bond acceptors (Lipinski definition) is 5. The van der Waals surface area contributed by atoms with Crippen LogP contribution in [-0.4, -0.2) is 26.1 Å². The highest BCUT2D eigenvalue weighted by molar-refractivity contribution is 8.04. The molecule has 1 aromatic carbocycles. The van der Waals surface area contributed by atoms with Gasteiger partial charge in [-0.15, -0.1) is 5.10 Å². The van der Waals surface area contributed by atoms with Crippen molar-refractivity contribution in [2.24, 2.45) is 0 Å². The zero-order valence-corrected chi connectivity index (χ0v) is 12.6. The SMILES string of the molecule is CCc1nc(S/C(=C/c2c[nH]c3ccccc23)C(=O)[O-])n[nH]1. The number of carbonyl (C=O) groups is 1. The number of fused-ring (bicyclic) bond motifs is 1. The molecular formula is C15H13N4O2S-. The van der Waals surface area contributed by atoms with Crippen molar-refractivity contribution in [1.29, 1.82) is 0 Å². The Morgan fingerprint density at radius 1 is 1.41 bits per heavy atom. The van der Waals surface area contributed by atoms with Crippen LogP contribution in [-0.2, 0) is 11.2 Å². The fourth-order valence-electron chi connectivity index (χ4n) is 2.06. The number of nitrogens with zero attached hydrogens (tertiary/aromatic N) is 2. The predicted octanol–water partition coefficient (Wildman–Crippen LogP) is 1.73. The van der Waals surface area contributed by atoms with Gasteiger partial charge < -0.3 is 14.9 Å². The van der Waals surface area contributed by atoms with Crippen molar-refractivity contribution in [3.8, 4) is 0 Å². The van der Waals surface area contributed by atoms with Crippen molar-refractivity contribution < 1.29 is 9.90 Å². The number of hydrogen-bond donors (Lipinski definition) is 2. The number of benzene rings is 1. The van der Waals surface area contributed by atoms with Gasteiger partial charge in [-0.25, -0.2) is 4.98 Å². The fourth-order valence-corrected chi connectivity index (χ4v) is 2.78. The van der Waals surface area contributed by atoms with E-state index in [1.807, 2.05) is 31.2 Å². The molecule has 0 saturated heterocycles. The van der Waals surface area contributed by atoms with Gasteiger partial charge in [0.25, 0.3) is 0 Å². The third kappa shape index (κ3) is 2.89. The zero-order valence-electron chi connectivity index (χ0n) is 11.8. The first-order valence-electron chi connectivity index (χ1n) is 6.75. The van der Waals surface area contributed by atoms with E-state index in [9.17, 15) is 9.90 Å². The molecule has 0 aliphatic carbocycles. The third-order valence-corrected chi connectivity index (χ3v) is 4.03. The van der Waals surface area contributed by atoms with Crippen molar-refractivity contribution in [3.05, 3.63) is 46.8 Å². The number of para-hydroxylation sites is 1. The summed E-state index contributed by atoms with van der Waals surface area (Å²) in [6.45, 7) is 1.94. The molecule has 3 aromatic rings. The van der Waals surface area contributed by atoms with E-state index in [1.165, 1.54) is 0 Å². The standard InChI is InChI=1S/C15H14N4O2S/c1-2-13-17-15(19-18-13)22-12(14(20)21)7-9-8-16-11-6-4-3-5-10(9)11/h3-8,16H,2H2,1H3,(H,20,21)(H,17,18,19)/p-1/b12-7+. The van der Waals surface area contributed by atoms with E-state index in [-0.39, 0.29) is 4.91 Å². The molecule has 2 aromatic heterocycles. The number of nitrogens with one attached hydrogen (secondary N) is 2. The first kappa shape index (κ1) is 14.4. The normalized spacial score (nSPS) is 12.0. The smallest absolute Gasteiger partial charge is 0.213 e. The average molecular weight is 313 g/mol. The van der Waals surface area contributed by atoms with Gasteiger partial charge in [-0.05, 0) is 23.9 Å². The van der Waals surface area contributed by atoms with E-state index < -0.39 is 5.97 Å². The summed E-state index contributed by atoms with van der Waals surface area (Å²) in [5.74, 6) is -0.537. The molecule has 112 valence electrons. The van der Waals surface area contributed by atoms with Crippen LogP contribution >= 0.6 is 11.8 Å². The third-order valence-electron chi connectivity index (χ3n) is 3.16. The molecule has 22 heavy (non-hydrogen) atoms. The van der Waals surface area contributed by atoms with E-state index in [4.69, 9.17) is 0 Å². The van der Waals surface area contributed by atoms with Crippen molar-refractivity contribution >= 4 is 34.7 Å². The summed E-state index contributed by atoms with van der Waals surface area (Å²) in [6.07, 6.45) is 4.05. The summed E-state index contributed by atoms with van der Waals surface area (Å²) in [5, 5.41) is 19.4. The Kier molecular flexibility index (Phi) is 3.97. The minimum Gasteiger partial charge on any atom is -0.544 e. The van der Waals surface area contributed by atoms with Gasteiger partial charge >= 0.3 is 0 Å². The second kappa shape index (κ2) is 6.07. The minimum absolute atomic E-state index is 0.0615. The van der Waals surface area contributed by atoms with E-state index >= 15 is 0 Å². The molecule has 0 fully saturated rings. The fraction of sp³-hybridized carbons (Fsp3) is 0.133. The summed E-state index contributed by atoms with van der Waals surface area (Å²) in [6, 6.07) is 7.68. The van der Waals surface area contributed by atoms with E-state index in [2.05, 4.69) is 20.2 Å². The lowest BCUT2D eigenvalue weighted by Gasteiger charge is -2.05. The van der Waals surface area contributed by atoms with E-state index in [0.29, 0.717) is 17.4 Å². The van der Waals surface area contributed by atoms with E-state index in [0.717, 1.165) is 28.2 Å². The van der Waals surface area contributed by atoms with Crippen LogP contribution in [0.3, 0.4) is 0 Å². The second-order valence-electron chi connectivity index (χ2n) is 4.61. The molecular weight excluding hydrogens is 300 g/mol. The molecule has 0 radical (unpaired) electrons. The lowest BCUT2D eigenvalue weighted by molar-refractivity contribution is -0.297.